The standard InChI is InChI=1S/C29H52N4/c1-9-20(7)32-27-25(12-4)17-23(19-29(27,14-6)33-21(8)10-2)15-22-16-24(11-3)26(30)28(31,13-5)18-22/h16-21,26-27,32-33H,9-15,30-31H2,1-8H3. The molecular weight excluding hydrogens is 404 g/mol. The van der Waals surface area contributed by atoms with E-state index in [2.05, 4.69) is 90.3 Å². The molecule has 4 nitrogen and oxygen atoms in total. The summed E-state index contributed by atoms with van der Waals surface area (Å²) in [5.41, 5.74) is 18.2. The molecule has 0 heterocycles. The van der Waals surface area contributed by atoms with Gasteiger partial charge in [-0.25, -0.2) is 0 Å². The van der Waals surface area contributed by atoms with Crippen molar-refractivity contribution < 1.29 is 0 Å². The number of hydrogen-bond acceptors (Lipinski definition) is 4. The van der Waals surface area contributed by atoms with Crippen LogP contribution in [-0.2, 0) is 0 Å². The third-order valence-corrected chi connectivity index (χ3v) is 8.12. The highest BCUT2D eigenvalue weighted by Crippen LogP contribution is 2.37. The first-order valence-corrected chi connectivity index (χ1v) is 13.5. The second-order valence-corrected chi connectivity index (χ2v) is 10.5. The minimum atomic E-state index is -0.459. The van der Waals surface area contributed by atoms with Crippen LogP contribution in [0.1, 0.15) is 100 Å². The summed E-state index contributed by atoms with van der Waals surface area (Å²) < 4.78 is 0. The van der Waals surface area contributed by atoms with Crippen molar-refractivity contribution in [2.24, 2.45) is 11.5 Å². The fourth-order valence-electron chi connectivity index (χ4n) is 5.40. The van der Waals surface area contributed by atoms with E-state index in [0.717, 1.165) is 44.9 Å². The van der Waals surface area contributed by atoms with Crippen LogP contribution in [-0.4, -0.2) is 35.2 Å². The molecule has 4 heteroatoms. The van der Waals surface area contributed by atoms with E-state index in [-0.39, 0.29) is 11.6 Å². The molecule has 0 aromatic rings. The van der Waals surface area contributed by atoms with Crippen LogP contribution in [0.4, 0.5) is 0 Å². The summed E-state index contributed by atoms with van der Waals surface area (Å²) in [5.74, 6) is 0. The van der Waals surface area contributed by atoms with Gasteiger partial charge in [-0.1, -0.05) is 77.0 Å². The Morgan fingerprint density at radius 1 is 0.848 bits per heavy atom. The van der Waals surface area contributed by atoms with E-state index in [4.69, 9.17) is 11.5 Å². The van der Waals surface area contributed by atoms with Gasteiger partial charge in [0.1, 0.15) is 0 Å². The molecule has 2 aliphatic carbocycles. The van der Waals surface area contributed by atoms with Crippen LogP contribution in [0.2, 0.25) is 0 Å². The molecule has 0 spiro atoms. The Hall–Kier alpha value is -1.20. The number of nitrogens with one attached hydrogen (secondary N) is 2. The van der Waals surface area contributed by atoms with Crippen LogP contribution >= 0.6 is 0 Å². The second kappa shape index (κ2) is 12.0. The molecule has 0 saturated carbocycles. The summed E-state index contributed by atoms with van der Waals surface area (Å²) >= 11 is 0. The van der Waals surface area contributed by atoms with Crippen molar-refractivity contribution in [2.45, 2.75) is 136 Å². The van der Waals surface area contributed by atoms with Crippen LogP contribution in [0, 0.1) is 0 Å². The minimum Gasteiger partial charge on any atom is -0.322 e. The lowest BCUT2D eigenvalue weighted by Crippen LogP contribution is -2.63. The summed E-state index contributed by atoms with van der Waals surface area (Å²) in [6, 6.07) is 1.14. The van der Waals surface area contributed by atoms with Gasteiger partial charge >= 0.3 is 0 Å². The van der Waals surface area contributed by atoms with E-state index >= 15 is 0 Å². The topological polar surface area (TPSA) is 76.1 Å². The molecule has 0 aliphatic heterocycles. The van der Waals surface area contributed by atoms with Crippen molar-refractivity contribution in [3.8, 4) is 0 Å². The molecule has 188 valence electrons. The molecule has 33 heavy (non-hydrogen) atoms. The Balaban J connectivity index is 2.51. The van der Waals surface area contributed by atoms with Gasteiger partial charge in [0.05, 0.1) is 17.1 Å². The average Bonchev–Trinajstić information content (AvgIpc) is 2.82. The third-order valence-electron chi connectivity index (χ3n) is 8.12. The van der Waals surface area contributed by atoms with Crippen molar-refractivity contribution >= 4 is 0 Å². The van der Waals surface area contributed by atoms with Crippen LogP contribution in [0.25, 0.3) is 0 Å². The van der Waals surface area contributed by atoms with Crippen LogP contribution in [0.5, 0.6) is 0 Å². The van der Waals surface area contributed by atoms with Crippen molar-refractivity contribution in [3.63, 3.8) is 0 Å². The van der Waals surface area contributed by atoms with Crippen molar-refractivity contribution in [1.82, 2.24) is 10.6 Å². The maximum atomic E-state index is 6.77. The van der Waals surface area contributed by atoms with E-state index in [1.54, 1.807) is 0 Å². The predicted octanol–water partition coefficient (Wildman–Crippen LogP) is 5.66. The molecule has 0 saturated heterocycles. The predicted molar refractivity (Wildman–Crippen MR) is 145 cm³/mol. The quantitative estimate of drug-likeness (QED) is 0.306. The first-order valence-electron chi connectivity index (χ1n) is 13.5. The Labute approximate surface area is 204 Å². The zero-order chi connectivity index (χ0) is 24.8. The van der Waals surface area contributed by atoms with Crippen molar-refractivity contribution in [3.05, 3.63) is 46.6 Å². The normalized spacial score (nSPS) is 31.9. The average molecular weight is 457 g/mol. The smallest absolute Gasteiger partial charge is 0.0564 e. The Morgan fingerprint density at radius 2 is 1.42 bits per heavy atom. The lowest BCUT2D eigenvalue weighted by molar-refractivity contribution is 0.254. The Bertz CT molecular complexity index is 776. The fourth-order valence-corrected chi connectivity index (χ4v) is 5.40. The molecule has 0 bridgehead atoms. The molecule has 2 aliphatic rings. The van der Waals surface area contributed by atoms with Gasteiger partial charge in [-0.2, -0.15) is 0 Å². The fraction of sp³-hybridized carbons (Fsp3) is 0.724. The van der Waals surface area contributed by atoms with Crippen LogP contribution in [0.3, 0.4) is 0 Å². The molecule has 6 unspecified atom stereocenters. The molecule has 6 N–H and O–H groups in total. The highest BCUT2D eigenvalue weighted by atomic mass is 15.1. The molecule has 0 aromatic heterocycles. The SMILES string of the molecule is CCC1=CC(CC2=CC(CC)(NC(C)CC)C(NC(C)CC)C(CC)=C2)=CC(N)(CC)C1N. The third kappa shape index (κ3) is 6.28. The number of allylic oxidation sites excluding steroid dienone is 4. The Kier molecular flexibility index (Phi) is 10.2. The number of hydrogen-bond donors (Lipinski definition) is 4. The summed E-state index contributed by atoms with van der Waals surface area (Å²) in [5, 5.41) is 8.01. The van der Waals surface area contributed by atoms with E-state index in [1.807, 2.05) is 0 Å². The zero-order valence-corrected chi connectivity index (χ0v) is 22.7. The first kappa shape index (κ1) is 28.0. The van der Waals surface area contributed by atoms with Crippen LogP contribution in [0.15, 0.2) is 46.6 Å². The van der Waals surface area contributed by atoms with Gasteiger partial charge in [0.2, 0.25) is 0 Å². The van der Waals surface area contributed by atoms with Crippen molar-refractivity contribution in [1.29, 1.82) is 0 Å². The maximum absolute atomic E-state index is 6.77. The highest BCUT2D eigenvalue weighted by molar-refractivity contribution is 5.47. The van der Waals surface area contributed by atoms with Gasteiger partial charge in [0.15, 0.2) is 0 Å². The number of nitrogens with two attached hydrogens (primary N) is 2. The van der Waals surface area contributed by atoms with Gasteiger partial charge in [-0.05, 0) is 69.9 Å². The monoisotopic (exact) mass is 456 g/mol. The molecule has 0 amide bonds. The van der Waals surface area contributed by atoms with Gasteiger partial charge in [-0.15, -0.1) is 0 Å². The minimum absolute atomic E-state index is 0.0933. The number of rotatable bonds is 12. The molecule has 6 atom stereocenters. The van der Waals surface area contributed by atoms with Gasteiger partial charge < -0.3 is 22.1 Å². The molecule has 0 aromatic carbocycles. The molecule has 0 fully saturated rings. The first-order chi connectivity index (χ1) is 15.6. The summed E-state index contributed by atoms with van der Waals surface area (Å²) in [4.78, 5) is 0. The van der Waals surface area contributed by atoms with E-state index in [9.17, 15) is 0 Å². The summed E-state index contributed by atoms with van der Waals surface area (Å²) in [6.45, 7) is 18.1. The van der Waals surface area contributed by atoms with Gasteiger partial charge in [0, 0.05) is 18.1 Å². The van der Waals surface area contributed by atoms with Gasteiger partial charge in [-0.3, -0.25) is 0 Å². The highest BCUT2D eigenvalue weighted by Gasteiger charge is 2.41. The largest absolute Gasteiger partial charge is 0.322 e. The maximum Gasteiger partial charge on any atom is 0.0564 e. The van der Waals surface area contributed by atoms with E-state index in [0.29, 0.717) is 18.1 Å². The molecule has 0 radical (unpaired) electrons. The lowest BCUT2D eigenvalue weighted by atomic mass is 9.73. The van der Waals surface area contributed by atoms with E-state index < -0.39 is 5.54 Å². The Morgan fingerprint density at radius 3 is 1.94 bits per heavy atom. The van der Waals surface area contributed by atoms with Crippen molar-refractivity contribution in [2.75, 3.05) is 0 Å². The molecular formula is C29H52N4. The van der Waals surface area contributed by atoms with E-state index in [1.165, 1.54) is 22.3 Å². The summed E-state index contributed by atoms with van der Waals surface area (Å²) in [6.07, 6.45) is 16.6. The zero-order valence-electron chi connectivity index (χ0n) is 22.7. The summed E-state index contributed by atoms with van der Waals surface area (Å²) in [7, 11) is 0. The second-order valence-electron chi connectivity index (χ2n) is 10.5. The van der Waals surface area contributed by atoms with Crippen LogP contribution < -0.4 is 22.1 Å². The lowest BCUT2D eigenvalue weighted by Gasteiger charge is -2.46. The molecule has 2 rings (SSSR count). The van der Waals surface area contributed by atoms with Gasteiger partial charge in [0.25, 0.3) is 0 Å².